The van der Waals surface area contributed by atoms with Gasteiger partial charge in [-0.1, -0.05) is 6.07 Å². The molecule has 1 aromatic carbocycles. The van der Waals surface area contributed by atoms with E-state index in [0.717, 1.165) is 11.4 Å². The van der Waals surface area contributed by atoms with Crippen LogP contribution in [-0.2, 0) is 13.0 Å². The minimum absolute atomic E-state index is 0.176. The molecule has 1 amide bonds. The number of benzene rings is 1. The van der Waals surface area contributed by atoms with Gasteiger partial charge in [0.25, 0.3) is 0 Å². The summed E-state index contributed by atoms with van der Waals surface area (Å²) < 4.78 is 0. The lowest BCUT2D eigenvalue weighted by Crippen LogP contribution is -2.32. The molecule has 4 rings (SSSR count). The molecule has 2 aromatic heterocycles. The fourth-order valence-electron chi connectivity index (χ4n) is 3.06. The summed E-state index contributed by atoms with van der Waals surface area (Å²) in [6, 6.07) is 6.53. The van der Waals surface area contributed by atoms with E-state index in [1.807, 2.05) is 0 Å². The number of carbonyl (C=O) groups is 1. The van der Waals surface area contributed by atoms with Gasteiger partial charge < -0.3 is 20.9 Å². The van der Waals surface area contributed by atoms with E-state index in [0.29, 0.717) is 30.8 Å². The van der Waals surface area contributed by atoms with Gasteiger partial charge in [-0.2, -0.15) is 4.98 Å². The predicted octanol–water partition coefficient (Wildman–Crippen LogP) is 1.51. The second kappa shape index (κ2) is 6.95. The maximum absolute atomic E-state index is 11.5. The monoisotopic (exact) mass is 380 g/mol. The van der Waals surface area contributed by atoms with Crippen LogP contribution in [0.25, 0.3) is 0 Å². The fourth-order valence-corrected chi connectivity index (χ4v) is 3.06. The van der Waals surface area contributed by atoms with Gasteiger partial charge in [0, 0.05) is 29.9 Å². The second-order valence-corrected chi connectivity index (χ2v) is 6.23. The molecule has 0 saturated carbocycles. The number of nitro groups is 1. The summed E-state index contributed by atoms with van der Waals surface area (Å²) in [5.74, 6) is -0.172. The summed E-state index contributed by atoms with van der Waals surface area (Å²) in [6.07, 6.45) is 3.46. The number of hydrogen-bond donors (Lipinski definition) is 3. The smallest absolute Gasteiger partial charge is 0.329 e. The van der Waals surface area contributed by atoms with Crippen LogP contribution in [0, 0.1) is 10.1 Å². The predicted molar refractivity (Wildman–Crippen MR) is 100 cm³/mol. The van der Waals surface area contributed by atoms with Crippen molar-refractivity contribution in [2.75, 3.05) is 16.8 Å². The molecule has 3 aromatic rings. The number of nitrogens with zero attached hydrogens (tertiary/aromatic N) is 5. The molecule has 11 nitrogen and oxygen atoms in total. The van der Waals surface area contributed by atoms with Crippen molar-refractivity contribution in [1.29, 1.82) is 0 Å². The molecule has 0 aliphatic carbocycles. The second-order valence-electron chi connectivity index (χ2n) is 6.23. The van der Waals surface area contributed by atoms with Crippen LogP contribution in [0.3, 0.4) is 0 Å². The highest BCUT2D eigenvalue weighted by Gasteiger charge is 2.27. The van der Waals surface area contributed by atoms with Crippen LogP contribution < -0.4 is 16.0 Å². The Balaban J connectivity index is 1.65. The number of primary amides is 1. The molecule has 0 radical (unpaired) electrons. The van der Waals surface area contributed by atoms with Crippen LogP contribution >= 0.6 is 0 Å². The number of rotatable bonds is 5. The number of imidazole rings is 1. The van der Waals surface area contributed by atoms with E-state index in [2.05, 4.69) is 25.3 Å². The average Bonchev–Trinajstić information content (AvgIpc) is 3.15. The van der Waals surface area contributed by atoms with Gasteiger partial charge in [-0.15, -0.1) is 0 Å². The van der Waals surface area contributed by atoms with E-state index in [-0.39, 0.29) is 17.5 Å². The number of carbonyl (C=O) groups excluding carboxylic acids is 1. The molecular weight excluding hydrogens is 364 g/mol. The molecule has 3 heterocycles. The summed E-state index contributed by atoms with van der Waals surface area (Å²) in [5.41, 5.74) is 7.84. The van der Waals surface area contributed by atoms with Crippen LogP contribution in [0.4, 0.5) is 23.1 Å². The number of amides is 1. The zero-order chi connectivity index (χ0) is 19.7. The maximum Gasteiger partial charge on any atom is 0.329 e. The Labute approximate surface area is 158 Å². The number of hydrogen-bond acceptors (Lipinski definition) is 8. The van der Waals surface area contributed by atoms with Crippen molar-refractivity contribution in [2.45, 2.75) is 13.0 Å². The molecule has 0 atom stereocenters. The molecule has 28 heavy (non-hydrogen) atoms. The molecular formula is C17H16N8O3. The standard InChI is InChI=1S/C17H16N8O3/c18-15(26)10-2-1-3-11(6-10)22-17-19-7-14(25(27)28)16(23-17)24-5-4-12-13(8-24)21-9-20-12/h1-3,6-7,9H,4-5,8H2,(H2,18,26)(H,20,21)(H,19,22,23). The zero-order valence-electron chi connectivity index (χ0n) is 14.6. The summed E-state index contributed by atoms with van der Waals surface area (Å²) >= 11 is 0. The molecule has 0 unspecified atom stereocenters. The molecule has 0 saturated heterocycles. The van der Waals surface area contributed by atoms with Crippen LogP contribution in [0.2, 0.25) is 0 Å². The number of aromatic nitrogens is 4. The van der Waals surface area contributed by atoms with E-state index >= 15 is 0 Å². The third-order valence-corrected chi connectivity index (χ3v) is 4.43. The van der Waals surface area contributed by atoms with Crippen molar-refractivity contribution < 1.29 is 9.72 Å². The molecule has 4 N–H and O–H groups in total. The van der Waals surface area contributed by atoms with E-state index in [1.165, 1.54) is 6.20 Å². The van der Waals surface area contributed by atoms with Gasteiger partial charge in [0.1, 0.15) is 6.20 Å². The van der Waals surface area contributed by atoms with Gasteiger partial charge in [0.2, 0.25) is 17.7 Å². The van der Waals surface area contributed by atoms with Crippen molar-refractivity contribution in [3.63, 3.8) is 0 Å². The largest absolute Gasteiger partial charge is 0.366 e. The van der Waals surface area contributed by atoms with Gasteiger partial charge in [0.05, 0.1) is 23.5 Å². The van der Waals surface area contributed by atoms with E-state index in [9.17, 15) is 14.9 Å². The Kier molecular flexibility index (Phi) is 4.32. The lowest BCUT2D eigenvalue weighted by atomic mass is 10.1. The summed E-state index contributed by atoms with van der Waals surface area (Å²) in [6.45, 7) is 0.969. The van der Waals surface area contributed by atoms with Crippen molar-refractivity contribution in [3.05, 3.63) is 63.9 Å². The lowest BCUT2D eigenvalue weighted by molar-refractivity contribution is -0.384. The van der Waals surface area contributed by atoms with E-state index in [4.69, 9.17) is 5.73 Å². The third kappa shape index (κ3) is 3.32. The van der Waals surface area contributed by atoms with Crippen LogP contribution in [0.5, 0.6) is 0 Å². The first-order valence-electron chi connectivity index (χ1n) is 8.45. The Morgan fingerprint density at radius 1 is 1.36 bits per heavy atom. The highest BCUT2D eigenvalue weighted by atomic mass is 16.6. The highest BCUT2D eigenvalue weighted by molar-refractivity contribution is 5.93. The minimum atomic E-state index is -0.558. The number of nitrogens with one attached hydrogen (secondary N) is 2. The maximum atomic E-state index is 11.5. The van der Waals surface area contributed by atoms with Crippen molar-refractivity contribution in [2.24, 2.45) is 5.73 Å². The number of nitrogens with two attached hydrogens (primary N) is 1. The van der Waals surface area contributed by atoms with Crippen molar-refractivity contribution in [3.8, 4) is 0 Å². The fraction of sp³-hybridized carbons (Fsp3) is 0.176. The van der Waals surface area contributed by atoms with Gasteiger partial charge in [0.15, 0.2) is 0 Å². The molecule has 0 bridgehead atoms. The molecule has 11 heteroatoms. The molecule has 0 spiro atoms. The normalized spacial score (nSPS) is 13.1. The SMILES string of the molecule is NC(=O)c1cccc(Nc2ncc([N+](=O)[O-])c(N3CCc4[nH]cnc4C3)n2)c1. The number of aromatic amines is 1. The number of anilines is 3. The summed E-state index contributed by atoms with van der Waals surface area (Å²) in [7, 11) is 0. The summed E-state index contributed by atoms with van der Waals surface area (Å²) in [5, 5.41) is 14.4. The first kappa shape index (κ1) is 17.4. The lowest BCUT2D eigenvalue weighted by Gasteiger charge is -2.26. The van der Waals surface area contributed by atoms with E-state index < -0.39 is 10.8 Å². The Morgan fingerprint density at radius 2 is 2.21 bits per heavy atom. The summed E-state index contributed by atoms with van der Waals surface area (Å²) in [4.78, 5) is 39.8. The third-order valence-electron chi connectivity index (χ3n) is 4.43. The highest BCUT2D eigenvalue weighted by Crippen LogP contribution is 2.30. The van der Waals surface area contributed by atoms with Crippen LogP contribution in [0.1, 0.15) is 21.7 Å². The molecule has 1 aliphatic heterocycles. The van der Waals surface area contributed by atoms with Crippen LogP contribution in [-0.4, -0.2) is 37.3 Å². The molecule has 0 fully saturated rings. The van der Waals surface area contributed by atoms with Gasteiger partial charge in [-0.3, -0.25) is 14.9 Å². The van der Waals surface area contributed by atoms with Crippen LogP contribution in [0.15, 0.2) is 36.8 Å². The van der Waals surface area contributed by atoms with Crippen molar-refractivity contribution >= 4 is 29.0 Å². The topological polar surface area (TPSA) is 156 Å². The Bertz CT molecular complexity index is 1060. The van der Waals surface area contributed by atoms with Gasteiger partial charge >= 0.3 is 5.69 Å². The van der Waals surface area contributed by atoms with Gasteiger partial charge in [-0.05, 0) is 18.2 Å². The van der Waals surface area contributed by atoms with Gasteiger partial charge in [-0.25, -0.2) is 9.97 Å². The number of fused-ring (bicyclic) bond motifs is 1. The van der Waals surface area contributed by atoms with E-state index in [1.54, 1.807) is 35.5 Å². The Hall–Kier alpha value is -4.02. The zero-order valence-corrected chi connectivity index (χ0v) is 14.6. The molecule has 142 valence electrons. The molecule has 1 aliphatic rings. The number of H-pyrrole nitrogens is 1. The minimum Gasteiger partial charge on any atom is -0.366 e. The van der Waals surface area contributed by atoms with Crippen molar-refractivity contribution in [1.82, 2.24) is 19.9 Å². The first-order valence-corrected chi connectivity index (χ1v) is 8.45. The first-order chi connectivity index (χ1) is 13.5. The Morgan fingerprint density at radius 3 is 3.00 bits per heavy atom. The average molecular weight is 380 g/mol. The quantitative estimate of drug-likeness (QED) is 0.444.